The summed E-state index contributed by atoms with van der Waals surface area (Å²) in [5, 5.41) is 14.0. The molecule has 2 fully saturated rings. The Morgan fingerprint density at radius 2 is 2.33 bits per heavy atom. The van der Waals surface area contributed by atoms with E-state index in [9.17, 15) is 19.6 Å². The maximum absolute atomic E-state index is 12.1. The number of hydrogen-bond acceptors (Lipinski definition) is 9. The highest BCUT2D eigenvalue weighted by molar-refractivity contribution is 8.15. The molecule has 5 atom stereocenters. The molecule has 21 heavy (non-hydrogen) atoms. The van der Waals surface area contributed by atoms with Gasteiger partial charge in [0.05, 0.1) is 6.10 Å². The lowest BCUT2D eigenvalue weighted by molar-refractivity contribution is -0.122. The fourth-order valence-electron chi connectivity index (χ4n) is 2.61. The summed E-state index contributed by atoms with van der Waals surface area (Å²) in [4.78, 5) is 39.5. The zero-order valence-electron chi connectivity index (χ0n) is 10.7. The Labute approximate surface area is 123 Å². The predicted molar refractivity (Wildman–Crippen MR) is 72.1 cm³/mol. The Morgan fingerprint density at radius 1 is 1.57 bits per heavy atom. The van der Waals surface area contributed by atoms with E-state index in [1.54, 1.807) is 0 Å². The van der Waals surface area contributed by atoms with Crippen molar-refractivity contribution in [3.05, 3.63) is 4.91 Å². The number of nitrogens with one attached hydrogen (secondary N) is 1. The molecule has 4 N–H and O–H groups in total. The molecule has 2 amide bonds. The molecule has 0 aromatic rings. The van der Waals surface area contributed by atoms with Gasteiger partial charge in [-0.1, -0.05) is 5.18 Å². The number of aliphatic hydroxyl groups excluding tert-OH is 1. The van der Waals surface area contributed by atoms with Gasteiger partial charge in [-0.2, -0.15) is 4.91 Å². The molecule has 0 spiro atoms. The summed E-state index contributed by atoms with van der Waals surface area (Å²) in [6, 6.07) is 0. The summed E-state index contributed by atoms with van der Waals surface area (Å²) >= 11 is 0.807. The minimum Gasteiger partial charge on any atom is -0.388 e. The molecule has 11 heteroatoms. The number of ether oxygens (including phenoxy) is 1. The van der Waals surface area contributed by atoms with Gasteiger partial charge in [0.2, 0.25) is 5.91 Å². The van der Waals surface area contributed by atoms with E-state index >= 15 is 0 Å². The van der Waals surface area contributed by atoms with Crippen molar-refractivity contribution in [2.24, 2.45) is 15.9 Å². The van der Waals surface area contributed by atoms with Crippen LogP contribution in [0.3, 0.4) is 0 Å². The summed E-state index contributed by atoms with van der Waals surface area (Å²) in [6.45, 7) is -0.108. The molecule has 2 saturated heterocycles. The number of rotatable bonds is 3. The lowest BCUT2D eigenvalue weighted by Crippen LogP contribution is -2.56. The van der Waals surface area contributed by atoms with Crippen LogP contribution in [0.1, 0.15) is 6.42 Å². The first-order chi connectivity index (χ1) is 10.0. The van der Waals surface area contributed by atoms with Crippen molar-refractivity contribution in [3.8, 4) is 0 Å². The van der Waals surface area contributed by atoms with Crippen molar-refractivity contribution in [2.75, 3.05) is 6.54 Å². The van der Waals surface area contributed by atoms with E-state index in [-0.39, 0.29) is 18.9 Å². The van der Waals surface area contributed by atoms with Crippen LogP contribution in [0, 0.1) is 4.91 Å². The van der Waals surface area contributed by atoms with Crippen LogP contribution in [0.5, 0.6) is 0 Å². The third-order valence-corrected chi connectivity index (χ3v) is 4.62. The van der Waals surface area contributed by atoms with Gasteiger partial charge in [-0.05, 0) is 11.8 Å². The van der Waals surface area contributed by atoms with E-state index in [0.717, 1.165) is 11.8 Å². The van der Waals surface area contributed by atoms with Crippen LogP contribution >= 0.6 is 11.8 Å². The van der Waals surface area contributed by atoms with Crippen molar-refractivity contribution in [1.82, 2.24) is 10.2 Å². The third kappa shape index (κ3) is 2.36. The molecule has 3 heterocycles. The number of carbonyl (C=O) groups is 2. The maximum atomic E-state index is 12.1. The predicted octanol–water partition coefficient (Wildman–Crippen LogP) is -1.46. The second-order valence-electron chi connectivity index (χ2n) is 4.89. The number of nitrogens with zero attached hydrogens (tertiary/aromatic N) is 3. The average molecular weight is 315 g/mol. The first kappa shape index (κ1) is 14.2. The average Bonchev–Trinajstić information content (AvgIpc) is 2.90. The van der Waals surface area contributed by atoms with E-state index < -0.39 is 41.0 Å². The van der Waals surface area contributed by atoms with E-state index in [1.165, 1.54) is 4.90 Å². The molecule has 0 aromatic carbocycles. The van der Waals surface area contributed by atoms with Crippen LogP contribution in [0.25, 0.3) is 0 Å². The summed E-state index contributed by atoms with van der Waals surface area (Å²) in [7, 11) is 0. The molecular weight excluding hydrogens is 302 g/mol. The SMILES string of the molecule is NC1=NC2[C@H](SC(=O)N2[C@@H]2O[C@H](CN=O)C[C@H]2O)C(=O)N1. The summed E-state index contributed by atoms with van der Waals surface area (Å²) in [6.07, 6.45) is -3.12. The lowest BCUT2D eigenvalue weighted by atomic mass is 10.1. The third-order valence-electron chi connectivity index (χ3n) is 3.49. The monoisotopic (exact) mass is 315 g/mol. The fraction of sp³-hybridized carbons (Fsp3) is 0.700. The number of hydrogen-bond donors (Lipinski definition) is 3. The lowest BCUT2D eigenvalue weighted by Gasteiger charge is -2.32. The van der Waals surface area contributed by atoms with Crippen LogP contribution in [0.15, 0.2) is 10.2 Å². The van der Waals surface area contributed by atoms with E-state index in [0.29, 0.717) is 0 Å². The quantitative estimate of drug-likeness (QED) is 0.539. The largest absolute Gasteiger partial charge is 0.388 e. The van der Waals surface area contributed by atoms with Gasteiger partial charge in [0.1, 0.15) is 17.9 Å². The summed E-state index contributed by atoms with van der Waals surface area (Å²) in [5.74, 6) is -0.493. The molecule has 3 aliphatic rings. The molecule has 0 bridgehead atoms. The van der Waals surface area contributed by atoms with Crippen molar-refractivity contribution >= 4 is 28.9 Å². The number of nitroso groups, excluding NO2 is 1. The molecule has 0 saturated carbocycles. The molecule has 0 radical (unpaired) electrons. The van der Waals surface area contributed by atoms with Crippen LogP contribution in [0.4, 0.5) is 4.79 Å². The Hall–Kier alpha value is -1.72. The molecular formula is C10H13N5O5S. The molecule has 3 rings (SSSR count). The van der Waals surface area contributed by atoms with Gasteiger partial charge in [-0.25, -0.2) is 4.99 Å². The Bertz CT molecular complexity index is 528. The van der Waals surface area contributed by atoms with Crippen LogP contribution in [-0.2, 0) is 9.53 Å². The van der Waals surface area contributed by atoms with Gasteiger partial charge in [0, 0.05) is 6.42 Å². The molecule has 3 aliphatic heterocycles. The molecule has 1 unspecified atom stereocenters. The fourth-order valence-corrected chi connectivity index (χ4v) is 3.64. The second-order valence-corrected chi connectivity index (χ2v) is 5.99. The number of fused-ring (bicyclic) bond motifs is 1. The van der Waals surface area contributed by atoms with Gasteiger partial charge in [0.25, 0.3) is 5.24 Å². The molecule has 0 aromatic heterocycles. The highest BCUT2D eigenvalue weighted by Gasteiger charge is 2.53. The number of thioether (sulfide) groups is 1. The van der Waals surface area contributed by atoms with E-state index in [1.807, 2.05) is 0 Å². The second kappa shape index (κ2) is 5.24. The first-order valence-corrected chi connectivity index (χ1v) is 7.15. The van der Waals surface area contributed by atoms with Crippen LogP contribution < -0.4 is 11.1 Å². The number of amides is 2. The number of aliphatic imine (C=N–C) groups is 1. The van der Waals surface area contributed by atoms with Crippen molar-refractivity contribution in [2.45, 2.75) is 36.3 Å². The van der Waals surface area contributed by atoms with Gasteiger partial charge in [-0.15, -0.1) is 0 Å². The van der Waals surface area contributed by atoms with Crippen molar-refractivity contribution < 1.29 is 19.4 Å². The van der Waals surface area contributed by atoms with E-state index in [4.69, 9.17) is 10.5 Å². The Balaban J connectivity index is 1.84. The normalized spacial score (nSPS) is 39.0. The van der Waals surface area contributed by atoms with Gasteiger partial charge < -0.3 is 15.6 Å². The number of carbonyl (C=O) groups excluding carboxylic acids is 2. The first-order valence-electron chi connectivity index (χ1n) is 6.27. The molecule has 10 nitrogen and oxygen atoms in total. The number of aliphatic hydroxyl groups is 1. The highest BCUT2D eigenvalue weighted by Crippen LogP contribution is 2.38. The van der Waals surface area contributed by atoms with Crippen molar-refractivity contribution in [1.29, 1.82) is 0 Å². The van der Waals surface area contributed by atoms with Crippen molar-refractivity contribution in [3.63, 3.8) is 0 Å². The Kier molecular flexibility index (Phi) is 3.55. The maximum Gasteiger partial charge on any atom is 0.286 e. The molecule has 114 valence electrons. The smallest absolute Gasteiger partial charge is 0.286 e. The van der Waals surface area contributed by atoms with E-state index in [2.05, 4.69) is 15.5 Å². The van der Waals surface area contributed by atoms with Gasteiger partial charge in [-0.3, -0.25) is 19.8 Å². The zero-order valence-corrected chi connectivity index (χ0v) is 11.5. The summed E-state index contributed by atoms with van der Waals surface area (Å²) < 4.78 is 5.49. The zero-order chi connectivity index (χ0) is 15.1. The number of guanidine groups is 1. The number of nitrogens with two attached hydrogens (primary N) is 1. The van der Waals surface area contributed by atoms with Crippen LogP contribution in [0.2, 0.25) is 0 Å². The van der Waals surface area contributed by atoms with Crippen LogP contribution in [-0.4, -0.2) is 63.5 Å². The van der Waals surface area contributed by atoms with Gasteiger partial charge >= 0.3 is 0 Å². The van der Waals surface area contributed by atoms with Gasteiger partial charge in [0.15, 0.2) is 18.4 Å². The highest BCUT2D eigenvalue weighted by atomic mass is 32.2. The topological polar surface area (TPSA) is 147 Å². The molecule has 0 aliphatic carbocycles. The Morgan fingerprint density at radius 3 is 3.05 bits per heavy atom. The minimum atomic E-state index is -0.971. The summed E-state index contributed by atoms with van der Waals surface area (Å²) in [5.41, 5.74) is 5.51. The minimum absolute atomic E-state index is 0.0832. The standard InChI is InChI=1S/C10H13N5O5S/c11-9-13-6-5(7(17)14-9)21-10(18)15(6)8-4(16)1-3(20-8)2-12-19/h3-6,8,16H,1-2H2,(H3,11,13,14,17)/t3-,4+,5-,6?,8+/m0/s1.